The second-order valence-corrected chi connectivity index (χ2v) is 5.21. The number of benzene rings is 1. The second-order valence-electron chi connectivity index (χ2n) is 4.33. The minimum atomic E-state index is -0.635. The van der Waals surface area contributed by atoms with Crippen molar-refractivity contribution in [3.05, 3.63) is 33.8 Å². The molecule has 0 spiro atoms. The molecule has 1 atom stereocenters. The van der Waals surface area contributed by atoms with Gasteiger partial charge in [0, 0.05) is 15.6 Å². The molecule has 2 nitrogen and oxygen atoms in total. The van der Waals surface area contributed by atoms with Gasteiger partial charge in [0.2, 0.25) is 0 Å². The van der Waals surface area contributed by atoms with E-state index in [0.717, 1.165) is 0 Å². The summed E-state index contributed by atoms with van der Waals surface area (Å²) in [6.07, 6.45) is 0.541. The first-order valence-corrected chi connectivity index (χ1v) is 6.09. The van der Waals surface area contributed by atoms with E-state index >= 15 is 0 Å². The maximum absolute atomic E-state index is 12.1. The van der Waals surface area contributed by atoms with Crippen molar-refractivity contribution in [3.8, 4) is 6.07 Å². The lowest BCUT2D eigenvalue weighted by molar-refractivity contribution is 0.0937. The van der Waals surface area contributed by atoms with E-state index < -0.39 is 5.92 Å². The molecule has 0 bridgehead atoms. The topological polar surface area (TPSA) is 40.9 Å². The lowest BCUT2D eigenvalue weighted by Gasteiger charge is -2.11. The van der Waals surface area contributed by atoms with E-state index in [9.17, 15) is 4.79 Å². The highest BCUT2D eigenvalue weighted by molar-refractivity contribution is 6.35. The summed E-state index contributed by atoms with van der Waals surface area (Å²) < 4.78 is 0. The Balaban J connectivity index is 2.98. The predicted octanol–water partition coefficient (Wildman–Crippen LogP) is 4.36. The van der Waals surface area contributed by atoms with Gasteiger partial charge in [0.15, 0.2) is 5.78 Å². The smallest absolute Gasteiger partial charge is 0.180 e. The van der Waals surface area contributed by atoms with Crippen LogP contribution in [0.15, 0.2) is 18.2 Å². The van der Waals surface area contributed by atoms with Crippen LogP contribution in [-0.4, -0.2) is 5.78 Å². The molecule has 0 aromatic heterocycles. The van der Waals surface area contributed by atoms with Gasteiger partial charge in [0.05, 0.1) is 6.07 Å². The quantitative estimate of drug-likeness (QED) is 0.762. The van der Waals surface area contributed by atoms with Gasteiger partial charge >= 0.3 is 0 Å². The molecule has 0 saturated carbocycles. The van der Waals surface area contributed by atoms with Gasteiger partial charge in [-0.1, -0.05) is 37.0 Å². The molecule has 0 fully saturated rings. The van der Waals surface area contributed by atoms with Gasteiger partial charge in [-0.25, -0.2) is 0 Å². The van der Waals surface area contributed by atoms with Crippen molar-refractivity contribution in [3.63, 3.8) is 0 Å². The lowest BCUT2D eigenvalue weighted by atomic mass is 9.91. The normalized spacial score (nSPS) is 12.2. The zero-order valence-corrected chi connectivity index (χ0v) is 11.2. The predicted molar refractivity (Wildman–Crippen MR) is 69.4 cm³/mol. The van der Waals surface area contributed by atoms with E-state index in [1.165, 1.54) is 0 Å². The molecule has 1 rings (SSSR count). The van der Waals surface area contributed by atoms with E-state index in [4.69, 9.17) is 28.5 Å². The van der Waals surface area contributed by atoms with Gasteiger partial charge < -0.3 is 0 Å². The average Bonchev–Trinajstić information content (AvgIpc) is 2.23. The van der Waals surface area contributed by atoms with Crippen molar-refractivity contribution in [2.75, 3.05) is 0 Å². The highest BCUT2D eigenvalue weighted by Crippen LogP contribution is 2.23. The first-order chi connectivity index (χ1) is 7.93. The summed E-state index contributed by atoms with van der Waals surface area (Å²) in [7, 11) is 0. The number of carbonyl (C=O) groups is 1. The summed E-state index contributed by atoms with van der Waals surface area (Å²) in [6.45, 7) is 3.95. The molecule has 0 amide bonds. The molecule has 90 valence electrons. The monoisotopic (exact) mass is 269 g/mol. The van der Waals surface area contributed by atoms with E-state index in [2.05, 4.69) is 0 Å². The maximum Gasteiger partial charge on any atom is 0.180 e. The molecule has 0 aliphatic heterocycles. The molecule has 0 aliphatic rings. The molecule has 4 heteroatoms. The Bertz CT molecular complexity index is 443. The third kappa shape index (κ3) is 4.03. The van der Waals surface area contributed by atoms with E-state index in [0.29, 0.717) is 27.9 Å². The fraction of sp³-hybridized carbons (Fsp3) is 0.385. The van der Waals surface area contributed by atoms with Crippen molar-refractivity contribution >= 4 is 29.0 Å². The Hall–Kier alpha value is -1.04. The van der Waals surface area contributed by atoms with Gasteiger partial charge in [-0.3, -0.25) is 4.79 Å². The number of hydrogen-bond acceptors (Lipinski definition) is 2. The van der Waals surface area contributed by atoms with E-state index in [1.54, 1.807) is 18.2 Å². The number of Topliss-reactive ketones (excluding diaryl/α,β-unsaturated/α-hetero) is 1. The molecular weight excluding hydrogens is 257 g/mol. The summed E-state index contributed by atoms with van der Waals surface area (Å²) in [5, 5.41) is 9.82. The van der Waals surface area contributed by atoms with Crippen LogP contribution in [0.25, 0.3) is 0 Å². The first kappa shape index (κ1) is 14.0. The van der Waals surface area contributed by atoms with Crippen LogP contribution in [-0.2, 0) is 0 Å². The second kappa shape index (κ2) is 6.05. The molecule has 0 saturated heterocycles. The Morgan fingerprint density at radius 3 is 2.24 bits per heavy atom. The summed E-state index contributed by atoms with van der Waals surface area (Å²) >= 11 is 11.7. The third-order valence-electron chi connectivity index (χ3n) is 2.33. The third-order valence-corrected chi connectivity index (χ3v) is 2.76. The van der Waals surface area contributed by atoms with Crippen LogP contribution in [0.4, 0.5) is 0 Å². The fourth-order valence-electron chi connectivity index (χ4n) is 1.59. The van der Waals surface area contributed by atoms with Crippen molar-refractivity contribution in [2.24, 2.45) is 11.8 Å². The first-order valence-electron chi connectivity index (χ1n) is 5.34. The van der Waals surface area contributed by atoms with Crippen LogP contribution in [0.3, 0.4) is 0 Å². The largest absolute Gasteiger partial charge is 0.293 e. The number of rotatable bonds is 4. The SMILES string of the molecule is CC(C)CC(C#N)C(=O)c1cc(Cl)cc(Cl)c1. The molecule has 0 heterocycles. The molecule has 1 aromatic rings. The molecule has 1 aromatic carbocycles. The Labute approximate surface area is 111 Å². The number of hydrogen-bond donors (Lipinski definition) is 0. The van der Waals surface area contributed by atoms with Crippen molar-refractivity contribution in [1.29, 1.82) is 5.26 Å². The summed E-state index contributed by atoms with van der Waals surface area (Å²) in [5.74, 6) is -0.562. The average molecular weight is 270 g/mol. The van der Waals surface area contributed by atoms with Crippen LogP contribution >= 0.6 is 23.2 Å². The summed E-state index contributed by atoms with van der Waals surface area (Å²) in [5.41, 5.74) is 0.398. The Morgan fingerprint density at radius 2 is 1.82 bits per heavy atom. The zero-order valence-electron chi connectivity index (χ0n) is 9.71. The highest BCUT2D eigenvalue weighted by atomic mass is 35.5. The zero-order chi connectivity index (χ0) is 13.0. The molecule has 0 aliphatic carbocycles. The van der Waals surface area contributed by atoms with Crippen LogP contribution < -0.4 is 0 Å². The van der Waals surface area contributed by atoms with Gasteiger partial charge in [0.25, 0.3) is 0 Å². The standard InChI is InChI=1S/C13H13Cl2NO/c1-8(2)3-10(7-16)13(17)9-4-11(14)6-12(15)5-9/h4-6,8,10H,3H2,1-2H3. The van der Waals surface area contributed by atoms with Crippen molar-refractivity contribution in [1.82, 2.24) is 0 Å². The van der Waals surface area contributed by atoms with E-state index in [1.807, 2.05) is 19.9 Å². The van der Waals surface area contributed by atoms with Gasteiger partial charge in [-0.05, 0) is 30.5 Å². The lowest BCUT2D eigenvalue weighted by Crippen LogP contribution is -2.15. The minimum absolute atomic E-state index is 0.217. The molecule has 0 radical (unpaired) electrons. The fourth-order valence-corrected chi connectivity index (χ4v) is 2.11. The molecule has 1 unspecified atom stereocenters. The maximum atomic E-state index is 12.1. The number of carbonyl (C=O) groups excluding carboxylic acids is 1. The van der Waals surface area contributed by atoms with Crippen LogP contribution in [0.2, 0.25) is 10.0 Å². The summed E-state index contributed by atoms with van der Waals surface area (Å²) in [4.78, 5) is 12.1. The number of nitrogens with zero attached hydrogens (tertiary/aromatic N) is 1. The number of halogens is 2. The Morgan fingerprint density at radius 1 is 1.29 bits per heavy atom. The van der Waals surface area contributed by atoms with Gasteiger partial charge in [-0.2, -0.15) is 5.26 Å². The van der Waals surface area contributed by atoms with Crippen molar-refractivity contribution < 1.29 is 4.79 Å². The van der Waals surface area contributed by atoms with Gasteiger partial charge in [-0.15, -0.1) is 0 Å². The summed E-state index contributed by atoms with van der Waals surface area (Å²) in [6, 6.07) is 6.68. The van der Waals surface area contributed by atoms with Crippen molar-refractivity contribution in [2.45, 2.75) is 20.3 Å². The van der Waals surface area contributed by atoms with Crippen LogP contribution in [0.5, 0.6) is 0 Å². The van der Waals surface area contributed by atoms with E-state index in [-0.39, 0.29) is 5.78 Å². The van der Waals surface area contributed by atoms with Crippen LogP contribution in [0, 0.1) is 23.2 Å². The number of nitriles is 1. The van der Waals surface area contributed by atoms with Crippen LogP contribution in [0.1, 0.15) is 30.6 Å². The minimum Gasteiger partial charge on any atom is -0.293 e. The molecule has 17 heavy (non-hydrogen) atoms. The Kier molecular flexibility index (Phi) is 4.99. The highest BCUT2D eigenvalue weighted by Gasteiger charge is 2.21. The number of ketones is 1. The molecular formula is C13H13Cl2NO. The van der Waals surface area contributed by atoms with Gasteiger partial charge in [0.1, 0.15) is 5.92 Å². The molecule has 0 N–H and O–H groups in total.